The zero-order chi connectivity index (χ0) is 9.26. The topological polar surface area (TPSA) is 12.5 Å². The summed E-state index contributed by atoms with van der Waals surface area (Å²) >= 11 is 0. The van der Waals surface area contributed by atoms with Gasteiger partial charge in [0, 0.05) is 19.2 Å². The Kier molecular flexibility index (Phi) is 2.70. The first-order chi connectivity index (χ1) is 6.27. The lowest BCUT2D eigenvalue weighted by molar-refractivity contribution is 0.0731. The molecule has 0 aromatic rings. The third-order valence-corrected chi connectivity index (χ3v) is 3.21. The van der Waals surface area contributed by atoms with E-state index in [0.29, 0.717) is 12.1 Å². The van der Waals surface area contributed by atoms with E-state index in [1.54, 1.807) is 0 Å². The number of rotatable bonds is 1. The van der Waals surface area contributed by atoms with Crippen LogP contribution >= 0.6 is 0 Å². The SMILES string of the molecule is C=C1CCCN(C2CCOC2C)C1. The molecule has 13 heavy (non-hydrogen) atoms. The maximum atomic E-state index is 5.58. The lowest BCUT2D eigenvalue weighted by Gasteiger charge is -2.34. The van der Waals surface area contributed by atoms with Gasteiger partial charge in [-0.05, 0) is 32.7 Å². The Bertz CT molecular complexity index is 202. The summed E-state index contributed by atoms with van der Waals surface area (Å²) in [6.45, 7) is 9.54. The fourth-order valence-corrected chi connectivity index (χ4v) is 2.46. The third kappa shape index (κ3) is 1.94. The molecule has 0 radical (unpaired) electrons. The molecule has 0 aromatic carbocycles. The van der Waals surface area contributed by atoms with Crippen LogP contribution in [-0.2, 0) is 4.74 Å². The summed E-state index contributed by atoms with van der Waals surface area (Å²) in [5, 5.41) is 0. The van der Waals surface area contributed by atoms with E-state index in [-0.39, 0.29) is 0 Å². The Morgan fingerprint density at radius 3 is 3.00 bits per heavy atom. The highest BCUT2D eigenvalue weighted by Gasteiger charge is 2.30. The van der Waals surface area contributed by atoms with Crippen LogP contribution in [0.2, 0.25) is 0 Å². The highest BCUT2D eigenvalue weighted by Crippen LogP contribution is 2.24. The van der Waals surface area contributed by atoms with Crippen molar-refractivity contribution in [2.45, 2.75) is 38.3 Å². The lowest BCUT2D eigenvalue weighted by Crippen LogP contribution is -2.43. The fraction of sp³-hybridized carbons (Fsp3) is 0.818. The Balaban J connectivity index is 1.95. The average molecular weight is 181 g/mol. The molecule has 2 atom stereocenters. The first-order valence-electron chi connectivity index (χ1n) is 5.29. The average Bonchev–Trinajstić information content (AvgIpc) is 2.51. The molecule has 2 nitrogen and oxygen atoms in total. The predicted molar refractivity (Wildman–Crippen MR) is 53.8 cm³/mol. The van der Waals surface area contributed by atoms with E-state index in [1.165, 1.54) is 31.4 Å². The summed E-state index contributed by atoms with van der Waals surface area (Å²) in [5.41, 5.74) is 1.39. The number of ether oxygens (including phenoxy) is 1. The van der Waals surface area contributed by atoms with Crippen molar-refractivity contribution in [1.29, 1.82) is 0 Å². The van der Waals surface area contributed by atoms with E-state index in [1.807, 2.05) is 0 Å². The van der Waals surface area contributed by atoms with Crippen molar-refractivity contribution in [1.82, 2.24) is 4.90 Å². The maximum absolute atomic E-state index is 5.58. The molecule has 0 spiro atoms. The first kappa shape index (κ1) is 9.22. The molecule has 2 aliphatic rings. The van der Waals surface area contributed by atoms with Gasteiger partial charge in [-0.2, -0.15) is 0 Å². The number of hydrogen-bond donors (Lipinski definition) is 0. The Morgan fingerprint density at radius 1 is 1.54 bits per heavy atom. The molecule has 2 unspecified atom stereocenters. The van der Waals surface area contributed by atoms with Crippen LogP contribution in [0.25, 0.3) is 0 Å². The predicted octanol–water partition coefficient (Wildman–Crippen LogP) is 1.82. The minimum absolute atomic E-state index is 0.422. The van der Waals surface area contributed by atoms with Gasteiger partial charge in [0.1, 0.15) is 0 Å². The molecule has 2 heterocycles. The van der Waals surface area contributed by atoms with Gasteiger partial charge in [0.15, 0.2) is 0 Å². The molecular weight excluding hydrogens is 162 g/mol. The summed E-state index contributed by atoms with van der Waals surface area (Å²) in [7, 11) is 0. The first-order valence-corrected chi connectivity index (χ1v) is 5.29. The van der Waals surface area contributed by atoms with Crippen LogP contribution in [0, 0.1) is 0 Å². The maximum Gasteiger partial charge on any atom is 0.0703 e. The molecule has 2 heteroatoms. The molecular formula is C11H19NO. The zero-order valence-corrected chi connectivity index (χ0v) is 8.46. The summed E-state index contributed by atoms with van der Waals surface area (Å²) in [6, 6.07) is 0.650. The highest BCUT2D eigenvalue weighted by molar-refractivity contribution is 5.02. The van der Waals surface area contributed by atoms with Gasteiger partial charge < -0.3 is 4.74 Å². The van der Waals surface area contributed by atoms with Crippen molar-refractivity contribution >= 4 is 0 Å². The molecule has 0 aromatic heterocycles. The standard InChI is InChI=1S/C11H19NO/c1-9-4-3-6-12(8-9)11-5-7-13-10(11)2/h10-11H,1,3-8H2,2H3. The van der Waals surface area contributed by atoms with Gasteiger partial charge in [0.25, 0.3) is 0 Å². The van der Waals surface area contributed by atoms with Gasteiger partial charge in [0.05, 0.1) is 6.10 Å². The number of hydrogen-bond acceptors (Lipinski definition) is 2. The van der Waals surface area contributed by atoms with Gasteiger partial charge in [-0.25, -0.2) is 0 Å². The Morgan fingerprint density at radius 2 is 2.38 bits per heavy atom. The summed E-state index contributed by atoms with van der Waals surface area (Å²) in [5.74, 6) is 0. The number of likely N-dealkylation sites (tertiary alicyclic amines) is 1. The number of piperidine rings is 1. The quantitative estimate of drug-likeness (QED) is 0.572. The molecule has 0 saturated carbocycles. The fourth-order valence-electron chi connectivity index (χ4n) is 2.46. The lowest BCUT2D eigenvalue weighted by atomic mass is 10.0. The molecule has 2 rings (SSSR count). The Hall–Kier alpha value is -0.340. The van der Waals surface area contributed by atoms with Crippen LogP contribution in [0.1, 0.15) is 26.2 Å². The van der Waals surface area contributed by atoms with Crippen LogP contribution in [-0.4, -0.2) is 36.7 Å². The minimum Gasteiger partial charge on any atom is -0.377 e. The second-order valence-electron chi connectivity index (χ2n) is 4.26. The second kappa shape index (κ2) is 3.81. The molecule has 0 aliphatic carbocycles. The van der Waals surface area contributed by atoms with Gasteiger partial charge in [0.2, 0.25) is 0 Å². The van der Waals surface area contributed by atoms with E-state index in [9.17, 15) is 0 Å². The van der Waals surface area contributed by atoms with E-state index < -0.39 is 0 Å². The second-order valence-corrected chi connectivity index (χ2v) is 4.26. The number of nitrogens with zero attached hydrogens (tertiary/aromatic N) is 1. The van der Waals surface area contributed by atoms with E-state index in [4.69, 9.17) is 4.74 Å². The van der Waals surface area contributed by atoms with Gasteiger partial charge in [-0.3, -0.25) is 4.90 Å². The summed E-state index contributed by atoms with van der Waals surface area (Å²) in [4.78, 5) is 2.55. The van der Waals surface area contributed by atoms with Crippen molar-refractivity contribution in [3.63, 3.8) is 0 Å². The monoisotopic (exact) mass is 181 g/mol. The molecule has 0 bridgehead atoms. The van der Waals surface area contributed by atoms with E-state index in [0.717, 1.165) is 13.2 Å². The Labute approximate surface area is 80.6 Å². The van der Waals surface area contributed by atoms with Crippen LogP contribution in [0.3, 0.4) is 0 Å². The summed E-state index contributed by atoms with van der Waals surface area (Å²) in [6.07, 6.45) is 4.13. The smallest absolute Gasteiger partial charge is 0.0703 e. The zero-order valence-electron chi connectivity index (χ0n) is 8.46. The molecule has 74 valence electrons. The normalized spacial score (nSPS) is 36.8. The van der Waals surface area contributed by atoms with Crippen molar-refractivity contribution in [3.05, 3.63) is 12.2 Å². The van der Waals surface area contributed by atoms with Crippen molar-refractivity contribution < 1.29 is 4.74 Å². The van der Waals surface area contributed by atoms with E-state index >= 15 is 0 Å². The highest BCUT2D eigenvalue weighted by atomic mass is 16.5. The van der Waals surface area contributed by atoms with Crippen LogP contribution in [0.4, 0.5) is 0 Å². The van der Waals surface area contributed by atoms with Crippen molar-refractivity contribution in [2.75, 3.05) is 19.7 Å². The van der Waals surface area contributed by atoms with Crippen LogP contribution in [0.5, 0.6) is 0 Å². The van der Waals surface area contributed by atoms with Crippen molar-refractivity contribution in [3.8, 4) is 0 Å². The minimum atomic E-state index is 0.422. The van der Waals surface area contributed by atoms with Gasteiger partial charge >= 0.3 is 0 Å². The van der Waals surface area contributed by atoms with Crippen molar-refractivity contribution in [2.24, 2.45) is 0 Å². The molecule has 2 fully saturated rings. The van der Waals surface area contributed by atoms with Crippen LogP contribution in [0.15, 0.2) is 12.2 Å². The molecule has 2 saturated heterocycles. The van der Waals surface area contributed by atoms with Crippen LogP contribution < -0.4 is 0 Å². The largest absolute Gasteiger partial charge is 0.377 e. The molecule has 0 amide bonds. The van der Waals surface area contributed by atoms with Gasteiger partial charge in [-0.1, -0.05) is 12.2 Å². The van der Waals surface area contributed by atoms with E-state index in [2.05, 4.69) is 18.4 Å². The van der Waals surface area contributed by atoms with Gasteiger partial charge in [-0.15, -0.1) is 0 Å². The third-order valence-electron chi connectivity index (χ3n) is 3.21. The molecule has 0 N–H and O–H groups in total. The molecule has 2 aliphatic heterocycles. The summed E-state index contributed by atoms with van der Waals surface area (Å²) < 4.78 is 5.58.